The quantitative estimate of drug-likeness (QED) is 0.743. The minimum atomic E-state index is -3.52. The molecule has 0 atom stereocenters. The third-order valence-electron chi connectivity index (χ3n) is 3.45. The summed E-state index contributed by atoms with van der Waals surface area (Å²) in [6.45, 7) is 2.19. The molecule has 1 N–H and O–H groups in total. The Morgan fingerprint density at radius 3 is 2.42 bits per heavy atom. The fourth-order valence-corrected chi connectivity index (χ4v) is 3.20. The first-order valence-electron chi connectivity index (χ1n) is 7.49. The summed E-state index contributed by atoms with van der Waals surface area (Å²) in [5.41, 5.74) is 1.98. The van der Waals surface area contributed by atoms with Crippen LogP contribution in [0.1, 0.15) is 11.5 Å². The standard InChI is InChI=1S/C17H17N3O3S/c1-13-7-9-14(10-8-13)17-20-19-16(23-17)11-12-18-24(21,22)15-5-3-2-4-6-15/h2-10,18H,11-12H2,1H3. The average molecular weight is 343 g/mol. The van der Waals surface area contributed by atoms with Gasteiger partial charge in [-0.1, -0.05) is 35.9 Å². The van der Waals surface area contributed by atoms with Gasteiger partial charge in [0.15, 0.2) is 0 Å². The van der Waals surface area contributed by atoms with Crippen LogP contribution in [0.25, 0.3) is 11.5 Å². The van der Waals surface area contributed by atoms with Crippen molar-refractivity contribution in [2.45, 2.75) is 18.2 Å². The summed E-state index contributed by atoms with van der Waals surface area (Å²) >= 11 is 0. The van der Waals surface area contributed by atoms with Crippen LogP contribution in [0, 0.1) is 6.92 Å². The first kappa shape index (κ1) is 16.4. The van der Waals surface area contributed by atoms with Gasteiger partial charge in [0, 0.05) is 18.5 Å². The van der Waals surface area contributed by atoms with Gasteiger partial charge in [-0.25, -0.2) is 13.1 Å². The molecule has 24 heavy (non-hydrogen) atoms. The molecule has 0 radical (unpaired) electrons. The van der Waals surface area contributed by atoms with Crippen molar-refractivity contribution in [3.05, 3.63) is 66.1 Å². The van der Waals surface area contributed by atoms with Crippen molar-refractivity contribution in [2.75, 3.05) is 6.54 Å². The van der Waals surface area contributed by atoms with Gasteiger partial charge in [0.1, 0.15) is 0 Å². The topological polar surface area (TPSA) is 85.1 Å². The molecule has 3 rings (SSSR count). The Morgan fingerprint density at radius 2 is 1.71 bits per heavy atom. The van der Waals surface area contributed by atoms with Crippen LogP contribution in [0.15, 0.2) is 63.9 Å². The van der Waals surface area contributed by atoms with E-state index < -0.39 is 10.0 Å². The highest BCUT2D eigenvalue weighted by Crippen LogP contribution is 2.18. The van der Waals surface area contributed by atoms with Crippen molar-refractivity contribution < 1.29 is 12.8 Å². The molecular weight excluding hydrogens is 326 g/mol. The van der Waals surface area contributed by atoms with Gasteiger partial charge in [-0.3, -0.25) is 0 Å². The molecule has 1 heterocycles. The van der Waals surface area contributed by atoms with Gasteiger partial charge in [0.25, 0.3) is 0 Å². The van der Waals surface area contributed by atoms with Gasteiger partial charge in [-0.05, 0) is 31.2 Å². The van der Waals surface area contributed by atoms with Gasteiger partial charge in [-0.15, -0.1) is 10.2 Å². The molecule has 0 saturated carbocycles. The number of rotatable bonds is 6. The molecule has 0 aliphatic heterocycles. The predicted molar refractivity (Wildman–Crippen MR) is 89.8 cm³/mol. The highest BCUT2D eigenvalue weighted by molar-refractivity contribution is 7.89. The second-order valence-corrected chi connectivity index (χ2v) is 7.09. The minimum absolute atomic E-state index is 0.187. The lowest BCUT2D eigenvalue weighted by atomic mass is 10.1. The monoisotopic (exact) mass is 343 g/mol. The fourth-order valence-electron chi connectivity index (χ4n) is 2.14. The third-order valence-corrected chi connectivity index (χ3v) is 4.93. The summed E-state index contributed by atoms with van der Waals surface area (Å²) in [6, 6.07) is 16.0. The van der Waals surface area contributed by atoms with Crippen LogP contribution in [-0.4, -0.2) is 25.2 Å². The van der Waals surface area contributed by atoms with Gasteiger partial charge in [0.05, 0.1) is 4.90 Å². The lowest BCUT2D eigenvalue weighted by Gasteiger charge is -2.04. The molecule has 6 nitrogen and oxygen atoms in total. The zero-order valence-electron chi connectivity index (χ0n) is 13.1. The Bertz CT molecular complexity index is 904. The molecule has 2 aromatic carbocycles. The van der Waals surface area contributed by atoms with E-state index in [-0.39, 0.29) is 11.4 Å². The van der Waals surface area contributed by atoms with Crippen molar-refractivity contribution in [2.24, 2.45) is 0 Å². The Labute approximate surface area is 140 Å². The molecule has 3 aromatic rings. The van der Waals surface area contributed by atoms with E-state index in [1.54, 1.807) is 30.3 Å². The Kier molecular flexibility index (Phi) is 4.73. The van der Waals surface area contributed by atoms with E-state index in [1.165, 1.54) is 0 Å². The summed E-state index contributed by atoms with van der Waals surface area (Å²) in [6.07, 6.45) is 0.324. The highest BCUT2D eigenvalue weighted by Gasteiger charge is 2.14. The highest BCUT2D eigenvalue weighted by atomic mass is 32.2. The molecule has 0 aliphatic rings. The number of nitrogens with zero attached hydrogens (tertiary/aromatic N) is 2. The van der Waals surface area contributed by atoms with Gasteiger partial charge in [0.2, 0.25) is 21.8 Å². The van der Waals surface area contributed by atoms with E-state index in [1.807, 2.05) is 31.2 Å². The number of hydrogen-bond acceptors (Lipinski definition) is 5. The van der Waals surface area contributed by atoms with Crippen molar-refractivity contribution in [1.29, 1.82) is 0 Å². The molecule has 0 unspecified atom stereocenters. The molecule has 0 saturated heterocycles. The zero-order chi connectivity index (χ0) is 17.0. The maximum atomic E-state index is 12.1. The molecule has 7 heteroatoms. The molecule has 0 aliphatic carbocycles. The molecular formula is C17H17N3O3S. The Morgan fingerprint density at radius 1 is 1.00 bits per heavy atom. The largest absolute Gasteiger partial charge is 0.421 e. The van der Waals surface area contributed by atoms with Crippen molar-refractivity contribution in [1.82, 2.24) is 14.9 Å². The van der Waals surface area contributed by atoms with E-state index in [9.17, 15) is 8.42 Å². The van der Waals surface area contributed by atoms with Gasteiger partial charge >= 0.3 is 0 Å². The predicted octanol–water partition coefficient (Wildman–Crippen LogP) is 2.57. The summed E-state index contributed by atoms with van der Waals surface area (Å²) in [5, 5.41) is 7.95. The zero-order valence-corrected chi connectivity index (χ0v) is 14.0. The van der Waals surface area contributed by atoms with Crippen molar-refractivity contribution >= 4 is 10.0 Å². The number of aryl methyl sites for hydroxylation is 1. The van der Waals surface area contributed by atoms with Gasteiger partial charge in [-0.2, -0.15) is 0 Å². The SMILES string of the molecule is Cc1ccc(-c2nnc(CCNS(=O)(=O)c3ccccc3)o2)cc1. The summed E-state index contributed by atoms with van der Waals surface area (Å²) < 4.78 is 32.3. The van der Waals surface area contributed by atoms with E-state index in [0.29, 0.717) is 18.2 Å². The van der Waals surface area contributed by atoms with Crippen molar-refractivity contribution in [3.8, 4) is 11.5 Å². The number of benzene rings is 2. The van der Waals surface area contributed by atoms with E-state index in [2.05, 4.69) is 14.9 Å². The van der Waals surface area contributed by atoms with E-state index in [0.717, 1.165) is 11.1 Å². The third kappa shape index (κ3) is 3.87. The fraction of sp³-hybridized carbons (Fsp3) is 0.176. The molecule has 0 fully saturated rings. The van der Waals surface area contributed by atoms with Crippen molar-refractivity contribution in [3.63, 3.8) is 0 Å². The number of sulfonamides is 1. The van der Waals surface area contributed by atoms with Gasteiger partial charge < -0.3 is 4.42 Å². The maximum Gasteiger partial charge on any atom is 0.247 e. The molecule has 0 amide bonds. The van der Waals surface area contributed by atoms with Crippen LogP contribution in [0.5, 0.6) is 0 Å². The first-order chi connectivity index (χ1) is 11.5. The molecule has 1 aromatic heterocycles. The molecule has 0 bridgehead atoms. The summed E-state index contributed by atoms with van der Waals surface area (Å²) in [5.74, 6) is 0.817. The Hall–Kier alpha value is -2.51. The maximum absolute atomic E-state index is 12.1. The first-order valence-corrected chi connectivity index (χ1v) is 8.97. The second-order valence-electron chi connectivity index (χ2n) is 5.33. The second kappa shape index (κ2) is 6.94. The number of aromatic nitrogens is 2. The van der Waals surface area contributed by atoms with Crippen LogP contribution in [0.4, 0.5) is 0 Å². The van der Waals surface area contributed by atoms with Crippen LogP contribution in [0.3, 0.4) is 0 Å². The Balaban J connectivity index is 1.61. The average Bonchev–Trinajstić information content (AvgIpc) is 3.05. The normalized spacial score (nSPS) is 11.5. The number of hydrogen-bond donors (Lipinski definition) is 1. The van der Waals surface area contributed by atoms with Crippen LogP contribution >= 0.6 is 0 Å². The summed E-state index contributed by atoms with van der Waals surface area (Å²) in [7, 11) is -3.52. The summed E-state index contributed by atoms with van der Waals surface area (Å²) in [4.78, 5) is 0.232. The van der Waals surface area contributed by atoms with Crippen LogP contribution < -0.4 is 4.72 Å². The smallest absolute Gasteiger partial charge is 0.247 e. The minimum Gasteiger partial charge on any atom is -0.421 e. The number of nitrogens with one attached hydrogen (secondary N) is 1. The molecule has 124 valence electrons. The van der Waals surface area contributed by atoms with Crippen LogP contribution in [0.2, 0.25) is 0 Å². The van der Waals surface area contributed by atoms with Crippen LogP contribution in [-0.2, 0) is 16.4 Å². The lowest BCUT2D eigenvalue weighted by Crippen LogP contribution is -2.26. The van der Waals surface area contributed by atoms with E-state index in [4.69, 9.17) is 4.42 Å². The van der Waals surface area contributed by atoms with E-state index >= 15 is 0 Å². The lowest BCUT2D eigenvalue weighted by molar-refractivity contribution is 0.502. The molecule has 0 spiro atoms.